The van der Waals surface area contributed by atoms with Crippen molar-refractivity contribution in [2.24, 2.45) is 0 Å². The van der Waals surface area contributed by atoms with E-state index < -0.39 is 0 Å². The summed E-state index contributed by atoms with van der Waals surface area (Å²) in [4.78, 5) is 8.76. The number of nitrogens with zero attached hydrogens (tertiary/aromatic N) is 2. The first-order chi connectivity index (χ1) is 13.3. The second kappa shape index (κ2) is 8.59. The van der Waals surface area contributed by atoms with Crippen molar-refractivity contribution in [3.05, 3.63) is 73.1 Å². The van der Waals surface area contributed by atoms with Gasteiger partial charge in [0.2, 0.25) is 0 Å². The number of fused-ring (bicyclic) bond motifs is 1. The Morgan fingerprint density at radius 1 is 0.750 bits per heavy atom. The number of nitrogens with one attached hydrogen (secondary N) is 1. The van der Waals surface area contributed by atoms with Crippen molar-refractivity contribution < 1.29 is 9.47 Å². The molecule has 0 fully saturated rings. The Kier molecular flexibility index (Phi) is 5.96. The average Bonchev–Trinajstić information content (AvgIpc) is 2.74. The lowest BCUT2D eigenvalue weighted by atomic mass is 10.1. The Bertz CT molecular complexity index is 1090. The molecule has 0 aliphatic rings. The standard InChI is InChI=1S/C22H19N3O2.ClH/c1-26-20-12-18-19(13-21(20)27-2)23-14-24-22(18)25-17-10-6-9-16(11-17)15-7-4-3-5-8-15;/h3-14H,1-2H3,(H,23,24,25);1H. The van der Waals surface area contributed by atoms with Gasteiger partial charge in [0.15, 0.2) is 11.5 Å². The molecule has 1 aromatic heterocycles. The molecule has 0 radical (unpaired) electrons. The normalized spacial score (nSPS) is 10.2. The molecule has 0 bridgehead atoms. The number of hydrogen-bond acceptors (Lipinski definition) is 5. The summed E-state index contributed by atoms with van der Waals surface area (Å²) in [7, 11) is 3.23. The molecular formula is C22H20ClN3O2. The van der Waals surface area contributed by atoms with Crippen LogP contribution in [0.5, 0.6) is 11.5 Å². The summed E-state index contributed by atoms with van der Waals surface area (Å²) in [5.74, 6) is 1.99. The van der Waals surface area contributed by atoms with E-state index in [1.54, 1.807) is 14.2 Å². The molecule has 4 aromatic rings. The van der Waals surface area contributed by atoms with Gasteiger partial charge >= 0.3 is 0 Å². The summed E-state index contributed by atoms with van der Waals surface area (Å²) in [6.07, 6.45) is 1.54. The Morgan fingerprint density at radius 3 is 2.21 bits per heavy atom. The predicted molar refractivity (Wildman–Crippen MR) is 115 cm³/mol. The molecule has 0 aliphatic heterocycles. The lowest BCUT2D eigenvalue weighted by Crippen LogP contribution is -1.98. The van der Waals surface area contributed by atoms with Crippen LogP contribution in [0.3, 0.4) is 0 Å². The lowest BCUT2D eigenvalue weighted by molar-refractivity contribution is 0.356. The quantitative estimate of drug-likeness (QED) is 0.486. The smallest absolute Gasteiger partial charge is 0.162 e. The summed E-state index contributed by atoms with van der Waals surface area (Å²) in [5.41, 5.74) is 4.04. The number of ether oxygens (including phenoxy) is 2. The molecular weight excluding hydrogens is 374 g/mol. The van der Waals surface area contributed by atoms with Crippen LogP contribution < -0.4 is 14.8 Å². The first-order valence-electron chi connectivity index (χ1n) is 8.58. The van der Waals surface area contributed by atoms with Gasteiger partial charge in [-0.1, -0.05) is 42.5 Å². The number of hydrogen-bond donors (Lipinski definition) is 1. The van der Waals surface area contributed by atoms with Gasteiger partial charge in [-0.3, -0.25) is 0 Å². The SMILES string of the molecule is COc1cc2ncnc(Nc3cccc(-c4ccccc4)c3)c2cc1OC.Cl. The highest BCUT2D eigenvalue weighted by Crippen LogP contribution is 2.34. The maximum Gasteiger partial charge on any atom is 0.162 e. The van der Waals surface area contributed by atoms with Gasteiger partial charge in [0.1, 0.15) is 12.1 Å². The maximum absolute atomic E-state index is 5.42. The molecule has 3 aromatic carbocycles. The molecule has 4 rings (SSSR count). The van der Waals surface area contributed by atoms with Crippen LogP contribution in [0.15, 0.2) is 73.1 Å². The van der Waals surface area contributed by atoms with Gasteiger partial charge in [-0.05, 0) is 29.3 Å². The van der Waals surface area contributed by atoms with Gasteiger partial charge in [0.05, 0.1) is 19.7 Å². The van der Waals surface area contributed by atoms with Gasteiger partial charge in [-0.2, -0.15) is 0 Å². The Hall–Kier alpha value is -3.31. The number of benzene rings is 3. The minimum Gasteiger partial charge on any atom is -0.493 e. The molecule has 28 heavy (non-hydrogen) atoms. The predicted octanol–water partition coefficient (Wildman–Crippen LogP) is 5.48. The second-order valence-corrected chi connectivity index (χ2v) is 6.02. The zero-order valence-electron chi connectivity index (χ0n) is 15.5. The van der Waals surface area contributed by atoms with Crippen LogP contribution in [0.4, 0.5) is 11.5 Å². The maximum atomic E-state index is 5.42. The molecule has 142 valence electrons. The fraction of sp³-hybridized carbons (Fsp3) is 0.0909. The summed E-state index contributed by atoms with van der Waals surface area (Å²) in [6, 6.07) is 22.2. The van der Waals surface area contributed by atoms with Crippen LogP contribution in [-0.4, -0.2) is 24.2 Å². The van der Waals surface area contributed by atoms with E-state index in [-0.39, 0.29) is 12.4 Å². The Morgan fingerprint density at radius 2 is 1.46 bits per heavy atom. The zero-order valence-corrected chi connectivity index (χ0v) is 16.4. The van der Waals surface area contributed by atoms with Crippen molar-refractivity contribution in [1.82, 2.24) is 9.97 Å². The highest BCUT2D eigenvalue weighted by atomic mass is 35.5. The average molecular weight is 394 g/mol. The number of rotatable bonds is 5. The van der Waals surface area contributed by atoms with Gasteiger partial charge in [0.25, 0.3) is 0 Å². The van der Waals surface area contributed by atoms with E-state index in [2.05, 4.69) is 39.6 Å². The Balaban J connectivity index is 0.00000225. The molecule has 0 saturated heterocycles. The van der Waals surface area contributed by atoms with Crippen LogP contribution in [0.25, 0.3) is 22.0 Å². The largest absolute Gasteiger partial charge is 0.493 e. The molecule has 1 heterocycles. The van der Waals surface area contributed by atoms with Crippen molar-refractivity contribution in [2.75, 3.05) is 19.5 Å². The summed E-state index contributed by atoms with van der Waals surface area (Å²) >= 11 is 0. The number of anilines is 2. The lowest BCUT2D eigenvalue weighted by Gasteiger charge is -2.12. The first-order valence-corrected chi connectivity index (χ1v) is 8.58. The topological polar surface area (TPSA) is 56.3 Å². The van der Waals surface area contributed by atoms with Gasteiger partial charge in [-0.25, -0.2) is 9.97 Å². The van der Waals surface area contributed by atoms with E-state index in [1.807, 2.05) is 42.5 Å². The van der Waals surface area contributed by atoms with Crippen LogP contribution in [0.2, 0.25) is 0 Å². The number of methoxy groups -OCH3 is 2. The Labute approximate surface area is 169 Å². The molecule has 0 spiro atoms. The molecule has 1 N–H and O–H groups in total. The van der Waals surface area contributed by atoms with E-state index in [9.17, 15) is 0 Å². The highest BCUT2D eigenvalue weighted by molar-refractivity contribution is 5.93. The molecule has 0 amide bonds. The van der Waals surface area contributed by atoms with Crippen molar-refractivity contribution in [2.45, 2.75) is 0 Å². The van der Waals surface area contributed by atoms with Gasteiger partial charge < -0.3 is 14.8 Å². The zero-order chi connectivity index (χ0) is 18.6. The molecule has 0 aliphatic carbocycles. The van der Waals surface area contributed by atoms with Gasteiger partial charge in [0, 0.05) is 17.1 Å². The molecule has 0 unspecified atom stereocenters. The van der Waals surface area contributed by atoms with E-state index in [0.29, 0.717) is 17.3 Å². The third kappa shape index (κ3) is 3.85. The van der Waals surface area contributed by atoms with Gasteiger partial charge in [-0.15, -0.1) is 12.4 Å². The van der Waals surface area contributed by atoms with Crippen molar-refractivity contribution in [3.63, 3.8) is 0 Å². The van der Waals surface area contributed by atoms with Crippen molar-refractivity contribution in [1.29, 1.82) is 0 Å². The summed E-state index contributed by atoms with van der Waals surface area (Å²) in [5, 5.41) is 4.26. The van der Waals surface area contributed by atoms with Crippen LogP contribution in [0, 0.1) is 0 Å². The third-order valence-electron chi connectivity index (χ3n) is 4.37. The number of aromatic nitrogens is 2. The van der Waals surface area contributed by atoms with Crippen LogP contribution in [-0.2, 0) is 0 Å². The van der Waals surface area contributed by atoms with Crippen LogP contribution >= 0.6 is 12.4 Å². The van der Waals surface area contributed by atoms with Crippen molar-refractivity contribution in [3.8, 4) is 22.6 Å². The highest BCUT2D eigenvalue weighted by Gasteiger charge is 2.11. The van der Waals surface area contributed by atoms with E-state index in [1.165, 1.54) is 11.9 Å². The monoisotopic (exact) mass is 393 g/mol. The fourth-order valence-corrected chi connectivity index (χ4v) is 3.03. The third-order valence-corrected chi connectivity index (χ3v) is 4.37. The van der Waals surface area contributed by atoms with E-state index in [4.69, 9.17) is 9.47 Å². The van der Waals surface area contributed by atoms with E-state index >= 15 is 0 Å². The molecule has 0 atom stereocenters. The molecule has 0 saturated carbocycles. The minimum atomic E-state index is 0. The first kappa shape index (κ1) is 19.5. The van der Waals surface area contributed by atoms with Crippen LogP contribution in [0.1, 0.15) is 0 Å². The second-order valence-electron chi connectivity index (χ2n) is 6.02. The summed E-state index contributed by atoms with van der Waals surface area (Å²) in [6.45, 7) is 0. The minimum absolute atomic E-state index is 0. The van der Waals surface area contributed by atoms with Crippen molar-refractivity contribution >= 4 is 34.8 Å². The molecule has 5 nitrogen and oxygen atoms in total. The fourth-order valence-electron chi connectivity index (χ4n) is 3.03. The van der Waals surface area contributed by atoms with E-state index in [0.717, 1.165) is 22.2 Å². The summed E-state index contributed by atoms with van der Waals surface area (Å²) < 4.78 is 10.8. The number of halogens is 1. The molecule has 6 heteroatoms.